The van der Waals surface area contributed by atoms with E-state index in [9.17, 15) is 31.1 Å². The van der Waals surface area contributed by atoms with Crippen molar-refractivity contribution in [1.29, 1.82) is 0 Å². The normalized spacial score (nSPS) is 16.8. The number of alkyl halides is 6. The average Bonchev–Trinajstić information content (AvgIpc) is 2.76. The van der Waals surface area contributed by atoms with Crippen LogP contribution in [0.1, 0.15) is 29.2 Å². The van der Waals surface area contributed by atoms with E-state index in [0.29, 0.717) is 6.54 Å². The van der Waals surface area contributed by atoms with Crippen molar-refractivity contribution in [1.82, 2.24) is 4.90 Å². The number of carboxylic acids is 1. The minimum atomic E-state index is -5.00. The predicted molar refractivity (Wildman–Crippen MR) is 119 cm³/mol. The van der Waals surface area contributed by atoms with Crippen LogP contribution in [-0.4, -0.2) is 48.6 Å². The van der Waals surface area contributed by atoms with E-state index in [1.165, 1.54) is 24.3 Å². The van der Waals surface area contributed by atoms with Crippen molar-refractivity contribution in [3.8, 4) is 11.5 Å². The number of morpholine rings is 1. The fraction of sp³-hybridized carbons (Fsp3) is 0.409. The third kappa shape index (κ3) is 8.32. The highest BCUT2D eigenvalue weighted by molar-refractivity contribution is 6.31. The molecule has 0 amide bonds. The number of benzene rings is 2. The summed E-state index contributed by atoms with van der Waals surface area (Å²) in [6, 6.07) is 6.68. The molecule has 0 aliphatic carbocycles. The second-order valence-corrected chi connectivity index (χ2v) is 8.01. The quantitative estimate of drug-likeness (QED) is 0.391. The van der Waals surface area contributed by atoms with Gasteiger partial charge in [-0.3, -0.25) is 9.69 Å². The Morgan fingerprint density at radius 1 is 1.17 bits per heavy atom. The van der Waals surface area contributed by atoms with Crippen LogP contribution < -0.4 is 9.47 Å². The zero-order valence-corrected chi connectivity index (χ0v) is 19.9. The number of aliphatic carboxylic acids is 1. The molecular formula is C22H21Cl2F6NO5. The molecule has 0 aromatic heterocycles. The Morgan fingerprint density at radius 3 is 2.53 bits per heavy atom. The Morgan fingerprint density at radius 2 is 1.89 bits per heavy atom. The van der Waals surface area contributed by atoms with E-state index in [0.717, 1.165) is 12.1 Å². The van der Waals surface area contributed by atoms with Crippen LogP contribution in [0.3, 0.4) is 0 Å². The lowest BCUT2D eigenvalue weighted by molar-refractivity contribution is -0.275. The summed E-state index contributed by atoms with van der Waals surface area (Å²) >= 11 is 5.95. The number of hydrogen-bond donors (Lipinski definition) is 1. The summed E-state index contributed by atoms with van der Waals surface area (Å²) in [6.07, 6.45) is -10.9. The average molecular weight is 564 g/mol. The summed E-state index contributed by atoms with van der Waals surface area (Å²) in [5.41, 5.74) is -1.39. The maximum absolute atomic E-state index is 13.8. The highest BCUT2D eigenvalue weighted by Gasteiger charge is 2.37. The minimum absolute atomic E-state index is 0. The molecular weight excluding hydrogens is 543 g/mol. The largest absolute Gasteiger partial charge is 0.573 e. The summed E-state index contributed by atoms with van der Waals surface area (Å²) in [5.74, 6) is -1.90. The first-order chi connectivity index (χ1) is 16.3. The lowest BCUT2D eigenvalue weighted by Crippen LogP contribution is -2.40. The minimum Gasteiger partial charge on any atom is -0.489 e. The van der Waals surface area contributed by atoms with Crippen molar-refractivity contribution < 1.29 is 50.5 Å². The molecule has 200 valence electrons. The molecule has 1 aliphatic heterocycles. The lowest BCUT2D eigenvalue weighted by atomic mass is 10.00. The monoisotopic (exact) mass is 563 g/mol. The number of carbonyl (C=O) groups is 1. The van der Waals surface area contributed by atoms with Crippen molar-refractivity contribution in [2.75, 3.05) is 26.2 Å². The van der Waals surface area contributed by atoms with Gasteiger partial charge < -0.3 is 19.3 Å². The third-order valence-corrected chi connectivity index (χ3v) is 5.51. The summed E-state index contributed by atoms with van der Waals surface area (Å²) < 4.78 is 94.3. The summed E-state index contributed by atoms with van der Waals surface area (Å²) in [7, 11) is 0. The van der Waals surface area contributed by atoms with Crippen molar-refractivity contribution in [3.05, 3.63) is 58.1 Å². The molecule has 36 heavy (non-hydrogen) atoms. The summed E-state index contributed by atoms with van der Waals surface area (Å²) in [4.78, 5) is 12.5. The smallest absolute Gasteiger partial charge is 0.489 e. The van der Waals surface area contributed by atoms with E-state index < -0.39 is 42.5 Å². The highest BCUT2D eigenvalue weighted by atomic mass is 35.5. The zero-order valence-electron chi connectivity index (χ0n) is 18.4. The molecule has 0 radical (unpaired) electrons. The van der Waals surface area contributed by atoms with Gasteiger partial charge in [0.25, 0.3) is 0 Å². The SMILES string of the molecule is Cl.O=C(O)CCN1CCOC(c2ccc(OCc3c(Cl)cccc3OC(F)(F)F)cc2C(F)(F)F)C1. The van der Waals surface area contributed by atoms with Crippen molar-refractivity contribution in [3.63, 3.8) is 0 Å². The van der Waals surface area contributed by atoms with Gasteiger partial charge in [0.2, 0.25) is 0 Å². The molecule has 1 N–H and O–H groups in total. The van der Waals surface area contributed by atoms with Crippen LogP contribution in [0.5, 0.6) is 11.5 Å². The molecule has 1 saturated heterocycles. The van der Waals surface area contributed by atoms with E-state index in [2.05, 4.69) is 4.74 Å². The molecule has 1 heterocycles. The molecule has 1 aliphatic rings. The van der Waals surface area contributed by atoms with Gasteiger partial charge in [0, 0.05) is 19.6 Å². The van der Waals surface area contributed by atoms with Crippen LogP contribution in [0.4, 0.5) is 26.3 Å². The maximum atomic E-state index is 13.8. The van der Waals surface area contributed by atoms with Gasteiger partial charge in [-0.05, 0) is 29.8 Å². The molecule has 2 aromatic carbocycles. The first kappa shape index (κ1) is 29.8. The fourth-order valence-corrected chi connectivity index (χ4v) is 3.77. The second-order valence-electron chi connectivity index (χ2n) is 7.60. The molecule has 1 atom stereocenters. The van der Waals surface area contributed by atoms with Crippen molar-refractivity contribution in [2.45, 2.75) is 31.7 Å². The molecule has 0 saturated carbocycles. The second kappa shape index (κ2) is 12.2. The van der Waals surface area contributed by atoms with Gasteiger partial charge in [0.05, 0.1) is 35.3 Å². The van der Waals surface area contributed by atoms with Crippen LogP contribution in [-0.2, 0) is 22.3 Å². The first-order valence-corrected chi connectivity index (χ1v) is 10.6. The Kier molecular flexibility index (Phi) is 10.1. The predicted octanol–water partition coefficient (Wildman–Crippen LogP) is 6.11. The number of ether oxygens (including phenoxy) is 3. The van der Waals surface area contributed by atoms with Gasteiger partial charge in [-0.15, -0.1) is 25.6 Å². The molecule has 6 nitrogen and oxygen atoms in total. The Bertz CT molecular complexity index is 1050. The lowest BCUT2D eigenvalue weighted by Gasteiger charge is -2.34. The number of nitrogens with zero attached hydrogens (tertiary/aromatic N) is 1. The van der Waals surface area contributed by atoms with Crippen LogP contribution in [0.25, 0.3) is 0 Å². The van der Waals surface area contributed by atoms with E-state index in [4.69, 9.17) is 26.2 Å². The van der Waals surface area contributed by atoms with Crippen LogP contribution in [0.2, 0.25) is 5.02 Å². The fourth-order valence-electron chi connectivity index (χ4n) is 3.55. The van der Waals surface area contributed by atoms with Crippen LogP contribution >= 0.6 is 24.0 Å². The third-order valence-electron chi connectivity index (χ3n) is 5.15. The van der Waals surface area contributed by atoms with Gasteiger partial charge in [-0.25, -0.2) is 0 Å². The van der Waals surface area contributed by atoms with Crippen molar-refractivity contribution >= 4 is 30.0 Å². The van der Waals surface area contributed by atoms with Crippen LogP contribution in [0, 0.1) is 0 Å². The van der Waals surface area contributed by atoms with Gasteiger partial charge in [0.1, 0.15) is 18.1 Å². The topological polar surface area (TPSA) is 68.2 Å². The molecule has 14 heteroatoms. The molecule has 1 fully saturated rings. The van der Waals surface area contributed by atoms with Gasteiger partial charge in [-0.2, -0.15) is 13.2 Å². The maximum Gasteiger partial charge on any atom is 0.573 e. The molecule has 3 rings (SSSR count). The van der Waals surface area contributed by atoms with Gasteiger partial charge in [-0.1, -0.05) is 23.7 Å². The Balaban J connectivity index is 0.00000456. The highest BCUT2D eigenvalue weighted by Crippen LogP contribution is 2.39. The molecule has 0 bridgehead atoms. The summed E-state index contributed by atoms with van der Waals surface area (Å²) in [6.45, 7) is 0.150. The zero-order chi connectivity index (χ0) is 25.8. The van der Waals surface area contributed by atoms with Gasteiger partial charge in [0.15, 0.2) is 0 Å². The molecule has 2 aromatic rings. The van der Waals surface area contributed by atoms with E-state index in [1.54, 1.807) is 4.90 Å². The number of halogens is 8. The van der Waals surface area contributed by atoms with Crippen LogP contribution in [0.15, 0.2) is 36.4 Å². The number of rotatable bonds is 8. The first-order valence-electron chi connectivity index (χ1n) is 10.3. The standard InChI is InChI=1S/C22H20ClF6NO5.ClH/c23-17-2-1-3-18(35-22(27,28)29)15(17)12-34-13-4-5-14(16(10-13)21(24,25)26)19-11-30(8-9-33-19)7-6-20(31)32;/h1-5,10,19H,6-9,11-12H2,(H,31,32);1H. The molecule has 0 spiro atoms. The number of carboxylic acid groups (broad SMARTS) is 1. The van der Waals surface area contributed by atoms with E-state index in [1.807, 2.05) is 0 Å². The Labute approximate surface area is 213 Å². The molecule has 1 unspecified atom stereocenters. The van der Waals surface area contributed by atoms with Crippen molar-refractivity contribution in [2.24, 2.45) is 0 Å². The summed E-state index contributed by atoms with van der Waals surface area (Å²) in [5, 5.41) is 8.72. The Hall–Kier alpha value is -2.41. The van der Waals surface area contributed by atoms with Gasteiger partial charge >= 0.3 is 18.5 Å². The van der Waals surface area contributed by atoms with E-state index >= 15 is 0 Å². The van der Waals surface area contributed by atoms with E-state index in [-0.39, 0.29) is 60.4 Å². The number of hydrogen-bond acceptors (Lipinski definition) is 5.